The number of ether oxygens (including phenoxy) is 5. The molecule has 0 aromatic carbocycles. The molecule has 0 spiro atoms. The zero-order chi connectivity index (χ0) is 16.6. The fraction of sp³-hybridized carbons (Fsp3) is 1.00. The molecule has 1 rings (SSSR count). The van der Waals surface area contributed by atoms with E-state index in [0.29, 0.717) is 45.7 Å². The van der Waals surface area contributed by atoms with E-state index in [4.69, 9.17) is 23.7 Å². The summed E-state index contributed by atoms with van der Waals surface area (Å²) in [6, 6.07) is 0.709. The van der Waals surface area contributed by atoms with Crippen molar-refractivity contribution in [3.8, 4) is 0 Å². The zero-order valence-electron chi connectivity index (χ0n) is 15.0. The highest BCUT2D eigenvalue weighted by atomic mass is 16.6. The first-order valence-electron chi connectivity index (χ1n) is 8.92. The summed E-state index contributed by atoms with van der Waals surface area (Å²) in [7, 11) is 1.70. The van der Waals surface area contributed by atoms with E-state index in [1.807, 2.05) is 0 Å². The summed E-state index contributed by atoms with van der Waals surface area (Å²) in [6.45, 7) is 9.34. The molecule has 1 heterocycles. The molecule has 1 unspecified atom stereocenters. The molecule has 0 amide bonds. The van der Waals surface area contributed by atoms with Gasteiger partial charge in [-0.1, -0.05) is 6.92 Å². The van der Waals surface area contributed by atoms with Gasteiger partial charge >= 0.3 is 0 Å². The van der Waals surface area contributed by atoms with Gasteiger partial charge in [-0.2, -0.15) is 0 Å². The number of nitrogens with zero attached hydrogens (tertiary/aromatic N) is 1. The van der Waals surface area contributed by atoms with Crippen LogP contribution in [-0.4, -0.2) is 84.2 Å². The Kier molecular flexibility index (Phi) is 13.8. The second kappa shape index (κ2) is 15.3. The third kappa shape index (κ3) is 11.0. The minimum atomic E-state index is 0.603. The summed E-state index contributed by atoms with van der Waals surface area (Å²) < 4.78 is 26.9. The topological polar surface area (TPSA) is 49.4 Å². The number of likely N-dealkylation sites (tertiary alicyclic amines) is 1. The molecule has 1 aliphatic heterocycles. The Balaban J connectivity index is 1.73. The molecule has 6 nitrogen and oxygen atoms in total. The summed E-state index contributed by atoms with van der Waals surface area (Å²) in [5.41, 5.74) is 0. The van der Waals surface area contributed by atoms with Crippen LogP contribution in [0.5, 0.6) is 0 Å². The highest BCUT2D eigenvalue weighted by Gasteiger charge is 2.22. The molecule has 1 saturated heterocycles. The van der Waals surface area contributed by atoms with Crippen LogP contribution in [0.2, 0.25) is 0 Å². The molecule has 1 aliphatic rings. The highest BCUT2D eigenvalue weighted by molar-refractivity contribution is 4.75. The third-order valence-electron chi connectivity index (χ3n) is 3.98. The van der Waals surface area contributed by atoms with Crippen molar-refractivity contribution in [3.05, 3.63) is 0 Å². The number of methoxy groups -OCH3 is 1. The lowest BCUT2D eigenvalue weighted by molar-refractivity contribution is -0.0266. The van der Waals surface area contributed by atoms with Crippen molar-refractivity contribution in [2.75, 3.05) is 73.2 Å². The average Bonchev–Trinajstić information content (AvgIpc) is 3.02. The van der Waals surface area contributed by atoms with Gasteiger partial charge in [-0.15, -0.1) is 0 Å². The van der Waals surface area contributed by atoms with Crippen molar-refractivity contribution in [2.45, 2.75) is 38.6 Å². The summed E-state index contributed by atoms with van der Waals surface area (Å²) in [6.07, 6.45) is 4.75. The van der Waals surface area contributed by atoms with Crippen molar-refractivity contribution in [3.63, 3.8) is 0 Å². The lowest BCUT2D eigenvalue weighted by Gasteiger charge is -2.22. The van der Waals surface area contributed by atoms with Gasteiger partial charge < -0.3 is 23.7 Å². The minimum absolute atomic E-state index is 0.603. The fourth-order valence-corrected chi connectivity index (χ4v) is 2.67. The summed E-state index contributed by atoms with van der Waals surface area (Å²) in [4.78, 5) is 2.43. The van der Waals surface area contributed by atoms with Crippen LogP contribution >= 0.6 is 0 Å². The smallest absolute Gasteiger partial charge is 0.0993 e. The second-order valence-corrected chi connectivity index (χ2v) is 5.74. The van der Waals surface area contributed by atoms with Crippen LogP contribution in [0.25, 0.3) is 0 Å². The Morgan fingerprint density at radius 3 is 2.04 bits per heavy atom. The first-order valence-corrected chi connectivity index (χ1v) is 8.92. The maximum Gasteiger partial charge on any atom is 0.0993 e. The molecule has 0 N–H and O–H groups in total. The number of rotatable bonds is 16. The van der Waals surface area contributed by atoms with E-state index < -0.39 is 0 Å². The van der Waals surface area contributed by atoms with E-state index >= 15 is 0 Å². The Bertz CT molecular complexity index is 255. The van der Waals surface area contributed by atoms with Gasteiger partial charge in [0.25, 0.3) is 0 Å². The lowest BCUT2D eigenvalue weighted by Crippen LogP contribution is -2.31. The highest BCUT2D eigenvalue weighted by Crippen LogP contribution is 2.18. The van der Waals surface area contributed by atoms with E-state index in [1.54, 1.807) is 7.11 Å². The largest absolute Gasteiger partial charge is 0.385 e. The van der Waals surface area contributed by atoms with E-state index in [0.717, 1.165) is 26.4 Å². The molecule has 0 saturated carbocycles. The molecule has 0 aliphatic carbocycles. The second-order valence-electron chi connectivity index (χ2n) is 5.74. The van der Waals surface area contributed by atoms with Crippen LogP contribution in [-0.2, 0) is 23.7 Å². The van der Waals surface area contributed by atoms with Crippen LogP contribution in [0.3, 0.4) is 0 Å². The molecular formula is C17H35NO5. The molecule has 0 aromatic rings. The van der Waals surface area contributed by atoms with Gasteiger partial charge in [0, 0.05) is 32.9 Å². The van der Waals surface area contributed by atoms with Crippen molar-refractivity contribution in [1.29, 1.82) is 0 Å². The number of hydrogen-bond acceptors (Lipinski definition) is 6. The van der Waals surface area contributed by atoms with Crippen LogP contribution < -0.4 is 0 Å². The first kappa shape index (κ1) is 20.8. The van der Waals surface area contributed by atoms with Crippen molar-refractivity contribution in [2.24, 2.45) is 0 Å². The Morgan fingerprint density at radius 2 is 1.43 bits per heavy atom. The summed E-state index contributed by atoms with van der Waals surface area (Å²) in [5, 5.41) is 0. The van der Waals surface area contributed by atoms with Gasteiger partial charge in [-0.05, 0) is 25.7 Å². The minimum Gasteiger partial charge on any atom is -0.385 e. The monoisotopic (exact) mass is 333 g/mol. The van der Waals surface area contributed by atoms with Crippen molar-refractivity contribution in [1.82, 2.24) is 4.90 Å². The SMILES string of the molecule is CCC1CCCN1COCCOCCOCCOCCCOC. The van der Waals surface area contributed by atoms with Crippen LogP contribution in [0.1, 0.15) is 32.6 Å². The predicted octanol–water partition coefficient (Wildman–Crippen LogP) is 1.92. The standard InChI is InChI=1S/C17H35NO5/c1-3-17-6-4-7-18(17)16-23-15-14-22-13-12-21-11-10-20-9-5-8-19-2/h17H,3-16H2,1-2H3. The normalized spacial score (nSPS) is 18.8. The molecule has 0 radical (unpaired) electrons. The van der Waals surface area contributed by atoms with Crippen LogP contribution in [0.4, 0.5) is 0 Å². The average molecular weight is 333 g/mol. The third-order valence-corrected chi connectivity index (χ3v) is 3.98. The predicted molar refractivity (Wildman–Crippen MR) is 89.8 cm³/mol. The first-order chi connectivity index (χ1) is 11.4. The summed E-state index contributed by atoms with van der Waals surface area (Å²) >= 11 is 0. The van der Waals surface area contributed by atoms with Crippen LogP contribution in [0, 0.1) is 0 Å². The van der Waals surface area contributed by atoms with Crippen LogP contribution in [0.15, 0.2) is 0 Å². The van der Waals surface area contributed by atoms with Gasteiger partial charge in [0.1, 0.15) is 0 Å². The van der Waals surface area contributed by atoms with E-state index in [9.17, 15) is 0 Å². The molecular weight excluding hydrogens is 298 g/mol. The Hall–Kier alpha value is -0.240. The molecule has 138 valence electrons. The molecule has 1 fully saturated rings. The summed E-state index contributed by atoms with van der Waals surface area (Å²) in [5.74, 6) is 0. The maximum absolute atomic E-state index is 5.67. The van der Waals surface area contributed by atoms with Crippen molar-refractivity contribution < 1.29 is 23.7 Å². The molecule has 6 heteroatoms. The van der Waals surface area contributed by atoms with Gasteiger partial charge in [-0.3, -0.25) is 4.90 Å². The zero-order valence-corrected chi connectivity index (χ0v) is 15.0. The van der Waals surface area contributed by atoms with Gasteiger partial charge in [-0.25, -0.2) is 0 Å². The quantitative estimate of drug-likeness (QED) is 0.402. The molecule has 0 aromatic heterocycles. The molecule has 1 atom stereocenters. The van der Waals surface area contributed by atoms with Gasteiger partial charge in [0.15, 0.2) is 0 Å². The van der Waals surface area contributed by atoms with E-state index in [2.05, 4.69) is 11.8 Å². The van der Waals surface area contributed by atoms with E-state index in [-0.39, 0.29) is 0 Å². The van der Waals surface area contributed by atoms with Gasteiger partial charge in [0.2, 0.25) is 0 Å². The van der Waals surface area contributed by atoms with Crippen molar-refractivity contribution >= 4 is 0 Å². The lowest BCUT2D eigenvalue weighted by atomic mass is 10.2. The maximum atomic E-state index is 5.67. The molecule has 23 heavy (non-hydrogen) atoms. The van der Waals surface area contributed by atoms with E-state index in [1.165, 1.54) is 25.8 Å². The Labute approximate surface area is 141 Å². The molecule has 0 bridgehead atoms. The fourth-order valence-electron chi connectivity index (χ4n) is 2.67. The van der Waals surface area contributed by atoms with Gasteiger partial charge in [0.05, 0.1) is 46.4 Å². The number of hydrogen-bond donors (Lipinski definition) is 0. The Morgan fingerprint density at radius 1 is 0.826 bits per heavy atom.